The van der Waals surface area contributed by atoms with Crippen molar-refractivity contribution in [3.8, 4) is 0 Å². The largest absolute Gasteiger partial charge is 0.348 e. The van der Waals surface area contributed by atoms with Gasteiger partial charge in [-0.3, -0.25) is 0 Å². The molecule has 3 heterocycles. The van der Waals surface area contributed by atoms with Crippen LogP contribution < -0.4 is 9.62 Å². The highest BCUT2D eigenvalue weighted by Gasteiger charge is 2.28. The van der Waals surface area contributed by atoms with Crippen LogP contribution in [0.2, 0.25) is 0 Å². The minimum Gasteiger partial charge on any atom is -0.348 e. The predicted molar refractivity (Wildman–Crippen MR) is 99.6 cm³/mol. The molecule has 1 aliphatic rings. The first-order valence-corrected chi connectivity index (χ1v) is 10.3. The van der Waals surface area contributed by atoms with Crippen LogP contribution in [0.25, 0.3) is 5.65 Å². The first kappa shape index (κ1) is 17.9. The van der Waals surface area contributed by atoms with Crippen LogP contribution in [0.3, 0.4) is 0 Å². The van der Waals surface area contributed by atoms with E-state index in [0.29, 0.717) is 11.5 Å². The maximum absolute atomic E-state index is 13.7. The van der Waals surface area contributed by atoms with Crippen molar-refractivity contribution in [2.24, 2.45) is 0 Å². The van der Waals surface area contributed by atoms with Crippen molar-refractivity contribution in [1.82, 2.24) is 19.3 Å². The minimum atomic E-state index is -3.69. The van der Waals surface area contributed by atoms with Gasteiger partial charge in [0.25, 0.3) is 10.0 Å². The zero-order chi connectivity index (χ0) is 19.0. The van der Waals surface area contributed by atoms with Crippen molar-refractivity contribution in [3.63, 3.8) is 0 Å². The number of nitrogens with one attached hydrogen (secondary N) is 1. The lowest BCUT2D eigenvalue weighted by atomic mass is 10.0. The van der Waals surface area contributed by atoms with Crippen LogP contribution in [0, 0.1) is 5.82 Å². The maximum Gasteiger partial charge on any atom is 0.259 e. The van der Waals surface area contributed by atoms with E-state index < -0.39 is 10.0 Å². The van der Waals surface area contributed by atoms with Crippen LogP contribution in [0.4, 0.5) is 10.2 Å². The summed E-state index contributed by atoms with van der Waals surface area (Å²) in [6, 6.07) is 10.1. The van der Waals surface area contributed by atoms with E-state index in [4.69, 9.17) is 0 Å². The number of hydrogen-bond donors (Lipinski definition) is 1. The Morgan fingerprint density at radius 1 is 1.30 bits per heavy atom. The van der Waals surface area contributed by atoms with Gasteiger partial charge in [0.2, 0.25) is 0 Å². The molecular formula is C18H20FN5O2S. The van der Waals surface area contributed by atoms with Crippen LogP contribution in [0.15, 0.2) is 47.6 Å². The molecule has 9 heteroatoms. The van der Waals surface area contributed by atoms with E-state index in [0.717, 1.165) is 24.9 Å². The zero-order valence-electron chi connectivity index (χ0n) is 14.8. The summed E-state index contributed by atoms with van der Waals surface area (Å²) in [5.41, 5.74) is 1.34. The van der Waals surface area contributed by atoms with Gasteiger partial charge in [-0.05, 0) is 42.7 Å². The van der Waals surface area contributed by atoms with Crippen LogP contribution in [0.5, 0.6) is 0 Å². The van der Waals surface area contributed by atoms with Gasteiger partial charge in [0.05, 0.1) is 12.2 Å². The summed E-state index contributed by atoms with van der Waals surface area (Å²) in [5, 5.41) is 4.53. The topological polar surface area (TPSA) is 79.6 Å². The molecule has 1 aromatic carbocycles. The van der Waals surface area contributed by atoms with E-state index in [1.54, 1.807) is 25.1 Å². The summed E-state index contributed by atoms with van der Waals surface area (Å²) in [6.45, 7) is 2.76. The van der Waals surface area contributed by atoms with E-state index in [1.165, 1.54) is 16.8 Å². The lowest BCUT2D eigenvalue weighted by Gasteiger charge is -2.26. The SMILES string of the molecule is CCNS(=O)(=O)c1cnc2ccc(N3CCC[C@@H]3c3cccc(F)c3)nn12. The average Bonchev–Trinajstić information content (AvgIpc) is 3.28. The van der Waals surface area contributed by atoms with Crippen LogP contribution in [-0.4, -0.2) is 36.1 Å². The monoisotopic (exact) mass is 389 g/mol. The molecule has 4 rings (SSSR count). The predicted octanol–water partition coefficient (Wildman–Crippen LogP) is 2.51. The van der Waals surface area contributed by atoms with E-state index >= 15 is 0 Å². The molecule has 0 radical (unpaired) electrons. The third-order valence-electron chi connectivity index (χ3n) is 4.71. The standard InChI is InChI=1S/C18H20FN5O2S/c1-2-21-27(25,26)18-12-20-16-8-9-17(22-24(16)18)23-10-4-7-15(23)13-5-3-6-14(19)11-13/h3,5-6,8-9,11-12,15,21H,2,4,7,10H2,1H3/t15-/m1/s1. The van der Waals surface area contributed by atoms with Gasteiger partial charge in [-0.15, -0.1) is 5.10 Å². The first-order chi connectivity index (χ1) is 13.0. The lowest BCUT2D eigenvalue weighted by Crippen LogP contribution is -2.26. The van der Waals surface area contributed by atoms with E-state index in [2.05, 4.69) is 19.7 Å². The summed E-state index contributed by atoms with van der Waals surface area (Å²) in [5.74, 6) is 0.372. The Bertz CT molecular complexity index is 1080. The van der Waals surface area contributed by atoms with Gasteiger partial charge in [-0.2, -0.15) is 4.52 Å². The highest BCUT2D eigenvalue weighted by Crippen LogP contribution is 2.35. The van der Waals surface area contributed by atoms with Gasteiger partial charge in [-0.25, -0.2) is 22.5 Å². The van der Waals surface area contributed by atoms with Crippen LogP contribution >= 0.6 is 0 Å². The molecule has 27 heavy (non-hydrogen) atoms. The Balaban J connectivity index is 1.75. The van der Waals surface area contributed by atoms with Crippen molar-refractivity contribution in [2.45, 2.75) is 30.8 Å². The van der Waals surface area contributed by atoms with Gasteiger partial charge in [0.1, 0.15) is 11.6 Å². The van der Waals surface area contributed by atoms with Gasteiger partial charge in [0, 0.05) is 13.1 Å². The molecule has 1 atom stereocenters. The molecule has 0 bridgehead atoms. The smallest absolute Gasteiger partial charge is 0.259 e. The van der Waals surface area contributed by atoms with E-state index in [1.807, 2.05) is 12.1 Å². The van der Waals surface area contributed by atoms with E-state index in [9.17, 15) is 12.8 Å². The number of nitrogens with zero attached hydrogens (tertiary/aromatic N) is 4. The molecule has 1 fully saturated rings. The second-order valence-corrected chi connectivity index (χ2v) is 8.18. The van der Waals surface area contributed by atoms with Crippen molar-refractivity contribution >= 4 is 21.5 Å². The first-order valence-electron chi connectivity index (χ1n) is 8.86. The minimum absolute atomic E-state index is 0.00250. The highest BCUT2D eigenvalue weighted by molar-refractivity contribution is 7.89. The molecule has 0 unspecified atom stereocenters. The molecule has 142 valence electrons. The molecule has 2 aromatic heterocycles. The summed E-state index contributed by atoms with van der Waals surface area (Å²) in [4.78, 5) is 6.22. The number of halogens is 1. The van der Waals surface area contributed by atoms with Crippen LogP contribution in [-0.2, 0) is 10.0 Å². The van der Waals surface area contributed by atoms with Gasteiger partial charge in [0.15, 0.2) is 10.7 Å². The summed E-state index contributed by atoms with van der Waals surface area (Å²) in [6.07, 6.45) is 3.14. The third kappa shape index (κ3) is 3.28. The van der Waals surface area contributed by atoms with Gasteiger partial charge >= 0.3 is 0 Å². The van der Waals surface area contributed by atoms with Crippen molar-refractivity contribution in [2.75, 3.05) is 18.0 Å². The molecule has 1 saturated heterocycles. The second-order valence-electron chi connectivity index (χ2n) is 6.47. The Morgan fingerprint density at radius 2 is 2.15 bits per heavy atom. The Kier molecular flexibility index (Phi) is 4.56. The van der Waals surface area contributed by atoms with Gasteiger partial charge < -0.3 is 4.90 Å². The fourth-order valence-electron chi connectivity index (χ4n) is 3.54. The molecule has 0 spiro atoms. The molecule has 0 aliphatic carbocycles. The summed E-state index contributed by atoms with van der Waals surface area (Å²) >= 11 is 0. The van der Waals surface area contributed by atoms with Gasteiger partial charge in [-0.1, -0.05) is 19.1 Å². The average molecular weight is 389 g/mol. The fourth-order valence-corrected chi connectivity index (χ4v) is 4.63. The molecule has 3 aromatic rings. The number of anilines is 1. The molecule has 1 N–H and O–H groups in total. The number of benzene rings is 1. The Labute approximate surface area is 156 Å². The summed E-state index contributed by atoms with van der Waals surface area (Å²) < 4.78 is 42.2. The number of hydrogen-bond acceptors (Lipinski definition) is 5. The van der Waals surface area contributed by atoms with Crippen LogP contribution in [0.1, 0.15) is 31.4 Å². The van der Waals surface area contributed by atoms with Crippen molar-refractivity contribution in [1.29, 1.82) is 0 Å². The molecule has 1 aliphatic heterocycles. The lowest BCUT2D eigenvalue weighted by molar-refractivity contribution is 0.575. The number of imidazole rings is 1. The number of aromatic nitrogens is 3. The molecule has 0 saturated carbocycles. The quantitative estimate of drug-likeness (QED) is 0.725. The van der Waals surface area contributed by atoms with E-state index in [-0.39, 0.29) is 23.4 Å². The van der Waals surface area contributed by atoms with Crippen molar-refractivity contribution in [3.05, 3.63) is 54.0 Å². The number of rotatable bonds is 5. The molecule has 0 amide bonds. The maximum atomic E-state index is 13.7. The third-order valence-corrected chi connectivity index (χ3v) is 6.20. The Morgan fingerprint density at radius 3 is 2.93 bits per heavy atom. The number of fused-ring (bicyclic) bond motifs is 1. The highest BCUT2D eigenvalue weighted by atomic mass is 32.2. The second kappa shape index (κ2) is 6.90. The molecular weight excluding hydrogens is 369 g/mol. The molecule has 7 nitrogen and oxygen atoms in total. The Hall–Kier alpha value is -2.52. The number of sulfonamides is 1. The normalized spacial score (nSPS) is 17.7. The van der Waals surface area contributed by atoms with Crippen molar-refractivity contribution < 1.29 is 12.8 Å². The zero-order valence-corrected chi connectivity index (χ0v) is 15.7. The fraction of sp³-hybridized carbons (Fsp3) is 0.333. The summed E-state index contributed by atoms with van der Waals surface area (Å²) in [7, 11) is -3.69.